The minimum Gasteiger partial charge on any atom is -0.259 e. The van der Waals surface area contributed by atoms with Gasteiger partial charge in [-0.2, -0.15) is 0 Å². The molecule has 0 aliphatic heterocycles. The van der Waals surface area contributed by atoms with Crippen LogP contribution in [0.5, 0.6) is 0 Å². The Morgan fingerprint density at radius 3 is 2.47 bits per heavy atom. The first-order valence-corrected chi connectivity index (χ1v) is 7.02. The van der Waals surface area contributed by atoms with Gasteiger partial charge in [0, 0.05) is 0 Å². The fourth-order valence-electron chi connectivity index (χ4n) is 1.79. The largest absolute Gasteiger partial charge is 0.259 e. The summed E-state index contributed by atoms with van der Waals surface area (Å²) in [6, 6.07) is 0. The lowest BCUT2D eigenvalue weighted by Crippen LogP contribution is -1.92. The second-order valence-corrected chi connectivity index (χ2v) is 5.41. The maximum Gasteiger partial charge on any atom is 0.230 e. The number of unbranched alkanes of at least 4 members (excludes halogenated alkanes) is 1. The quantitative estimate of drug-likeness (QED) is 0.246. The van der Waals surface area contributed by atoms with Crippen LogP contribution in [0.4, 0.5) is 0 Å². The van der Waals surface area contributed by atoms with Crippen LogP contribution in [0.2, 0.25) is 0 Å². The highest BCUT2D eigenvalue weighted by atomic mass is 16.6. The molecule has 0 aliphatic carbocycles. The number of nitrogens with zero attached hydrogens (tertiary/aromatic N) is 1. The summed E-state index contributed by atoms with van der Waals surface area (Å²) in [5, 5.41) is 10.2. The van der Waals surface area contributed by atoms with Crippen LogP contribution in [0.1, 0.15) is 59.8 Å². The molecule has 0 aromatic carbocycles. The second kappa shape index (κ2) is 10.5. The third-order valence-electron chi connectivity index (χ3n) is 2.98. The number of hydrogen-bond donors (Lipinski definition) is 0. The van der Waals surface area contributed by atoms with Gasteiger partial charge < -0.3 is 0 Å². The minimum absolute atomic E-state index is 0.282. The van der Waals surface area contributed by atoms with Crippen LogP contribution in [0.15, 0.2) is 35.6 Å². The Balaban J connectivity index is 3.77. The molecule has 0 aromatic rings. The molecule has 0 amide bonds. The van der Waals surface area contributed by atoms with Crippen LogP contribution in [-0.2, 0) is 0 Å². The Morgan fingerprint density at radius 2 is 1.89 bits per heavy atom. The normalized spacial score (nSPS) is 13.6. The molecule has 0 saturated carbocycles. The van der Waals surface area contributed by atoms with Gasteiger partial charge in [-0.05, 0) is 64.9 Å². The van der Waals surface area contributed by atoms with Gasteiger partial charge in [0.25, 0.3) is 0 Å². The third kappa shape index (κ3) is 12.9. The zero-order valence-electron chi connectivity index (χ0n) is 12.7. The zero-order valence-corrected chi connectivity index (χ0v) is 12.7. The first-order chi connectivity index (χ1) is 8.91. The molecular weight excluding hydrogens is 238 g/mol. The van der Waals surface area contributed by atoms with E-state index in [1.54, 1.807) is 6.08 Å². The van der Waals surface area contributed by atoms with Crippen LogP contribution < -0.4 is 0 Å². The van der Waals surface area contributed by atoms with Crippen molar-refractivity contribution in [1.29, 1.82) is 0 Å². The van der Waals surface area contributed by atoms with Crippen molar-refractivity contribution in [3.63, 3.8) is 0 Å². The Bertz CT molecular complexity index is 350. The van der Waals surface area contributed by atoms with E-state index < -0.39 is 4.92 Å². The fourth-order valence-corrected chi connectivity index (χ4v) is 1.79. The highest BCUT2D eigenvalue weighted by Crippen LogP contribution is 2.13. The molecule has 0 spiro atoms. The summed E-state index contributed by atoms with van der Waals surface area (Å²) in [4.78, 5) is 9.78. The van der Waals surface area contributed by atoms with Crippen LogP contribution in [0.3, 0.4) is 0 Å². The van der Waals surface area contributed by atoms with E-state index in [1.807, 2.05) is 6.92 Å². The van der Waals surface area contributed by atoms with Crippen molar-refractivity contribution in [2.24, 2.45) is 5.92 Å². The van der Waals surface area contributed by atoms with Gasteiger partial charge in [-0.1, -0.05) is 30.2 Å². The summed E-state index contributed by atoms with van der Waals surface area (Å²) in [5.41, 5.74) is 2.81. The summed E-state index contributed by atoms with van der Waals surface area (Å²) in [6.07, 6.45) is 12.7. The number of nitro groups is 1. The van der Waals surface area contributed by atoms with Crippen molar-refractivity contribution in [2.75, 3.05) is 0 Å². The molecule has 0 aromatic heterocycles. The summed E-state index contributed by atoms with van der Waals surface area (Å²) < 4.78 is 0. The van der Waals surface area contributed by atoms with Gasteiger partial charge in [-0.15, -0.1) is 0 Å². The molecular formula is C16H27NO2. The molecule has 0 bridgehead atoms. The summed E-state index contributed by atoms with van der Waals surface area (Å²) in [6.45, 7) is 8.44. The molecule has 0 rings (SSSR count). The van der Waals surface area contributed by atoms with Crippen molar-refractivity contribution in [1.82, 2.24) is 0 Å². The Kier molecular flexibility index (Phi) is 9.77. The van der Waals surface area contributed by atoms with Gasteiger partial charge in [-0.3, -0.25) is 10.1 Å². The Labute approximate surface area is 117 Å². The predicted molar refractivity (Wildman–Crippen MR) is 81.6 cm³/mol. The lowest BCUT2D eigenvalue weighted by atomic mass is 10.0. The van der Waals surface area contributed by atoms with Crippen molar-refractivity contribution >= 4 is 0 Å². The monoisotopic (exact) mass is 265 g/mol. The average Bonchev–Trinajstić information content (AvgIpc) is 2.31. The van der Waals surface area contributed by atoms with Gasteiger partial charge in [0.05, 0.1) is 4.92 Å². The smallest absolute Gasteiger partial charge is 0.230 e. The first-order valence-electron chi connectivity index (χ1n) is 7.02. The van der Waals surface area contributed by atoms with Crippen LogP contribution in [0.25, 0.3) is 0 Å². The van der Waals surface area contributed by atoms with E-state index in [4.69, 9.17) is 0 Å². The van der Waals surface area contributed by atoms with Crippen molar-refractivity contribution in [3.05, 3.63) is 45.7 Å². The molecule has 1 atom stereocenters. The van der Waals surface area contributed by atoms with Crippen molar-refractivity contribution in [2.45, 2.75) is 59.8 Å². The lowest BCUT2D eigenvalue weighted by molar-refractivity contribution is -0.402. The van der Waals surface area contributed by atoms with Gasteiger partial charge in [-0.25, -0.2) is 0 Å². The van der Waals surface area contributed by atoms with Gasteiger partial charge in [0.2, 0.25) is 6.20 Å². The maximum atomic E-state index is 10.2. The van der Waals surface area contributed by atoms with Gasteiger partial charge in [0.15, 0.2) is 0 Å². The molecule has 3 nitrogen and oxygen atoms in total. The Morgan fingerprint density at radius 1 is 1.21 bits per heavy atom. The van der Waals surface area contributed by atoms with E-state index in [9.17, 15) is 10.1 Å². The van der Waals surface area contributed by atoms with Crippen LogP contribution in [0, 0.1) is 16.0 Å². The molecule has 0 aliphatic rings. The molecule has 0 heterocycles. The molecule has 0 radical (unpaired) electrons. The highest BCUT2D eigenvalue weighted by molar-refractivity contribution is 5.02. The van der Waals surface area contributed by atoms with Gasteiger partial charge in [0.1, 0.15) is 0 Å². The summed E-state index contributed by atoms with van der Waals surface area (Å²) in [7, 11) is 0. The highest BCUT2D eigenvalue weighted by Gasteiger charge is 1.98. The van der Waals surface area contributed by atoms with Gasteiger partial charge >= 0.3 is 0 Å². The van der Waals surface area contributed by atoms with Crippen molar-refractivity contribution < 1.29 is 4.92 Å². The second-order valence-electron chi connectivity index (χ2n) is 5.41. The number of allylic oxidation sites excluding steroid dienone is 5. The topological polar surface area (TPSA) is 43.1 Å². The fraction of sp³-hybridized carbons (Fsp3) is 0.625. The molecule has 0 saturated heterocycles. The molecule has 1 unspecified atom stereocenters. The predicted octanol–water partition coefficient (Wildman–Crippen LogP) is 5.28. The van der Waals surface area contributed by atoms with E-state index in [0.717, 1.165) is 38.3 Å². The van der Waals surface area contributed by atoms with E-state index >= 15 is 0 Å². The van der Waals surface area contributed by atoms with E-state index in [2.05, 4.69) is 32.9 Å². The molecule has 0 N–H and O–H groups in total. The standard InChI is InChI=1S/C16H27NO2/c1-14(2)8-7-11-15(3)9-5-6-10-16(4)12-13-17(18)19/h8-9,12-13,16H,5-7,10-11H2,1-4H3/b13-12-,15-9+. The van der Waals surface area contributed by atoms with E-state index in [-0.39, 0.29) is 5.92 Å². The van der Waals surface area contributed by atoms with E-state index in [0.29, 0.717) is 0 Å². The molecule has 0 fully saturated rings. The molecule has 3 heteroatoms. The third-order valence-corrected chi connectivity index (χ3v) is 2.98. The summed E-state index contributed by atoms with van der Waals surface area (Å²) in [5.74, 6) is 0.282. The SMILES string of the molecule is CC(C)=CCC/C(C)=C/CCCC(C)/C=C\[N+](=O)[O-]. The Hall–Kier alpha value is -1.38. The average molecular weight is 265 g/mol. The van der Waals surface area contributed by atoms with Crippen LogP contribution >= 0.6 is 0 Å². The summed E-state index contributed by atoms with van der Waals surface area (Å²) >= 11 is 0. The number of hydrogen-bond acceptors (Lipinski definition) is 2. The first kappa shape index (κ1) is 17.6. The maximum absolute atomic E-state index is 10.2. The van der Waals surface area contributed by atoms with Crippen LogP contribution in [-0.4, -0.2) is 4.92 Å². The minimum atomic E-state index is -0.399. The molecule has 19 heavy (non-hydrogen) atoms. The molecule has 108 valence electrons. The zero-order chi connectivity index (χ0) is 14.7. The van der Waals surface area contributed by atoms with E-state index in [1.165, 1.54) is 11.1 Å². The van der Waals surface area contributed by atoms with Crippen molar-refractivity contribution in [3.8, 4) is 0 Å². The number of rotatable bonds is 9. The lowest BCUT2D eigenvalue weighted by Gasteiger charge is -2.03.